The summed E-state index contributed by atoms with van der Waals surface area (Å²) in [6, 6.07) is 0. The quantitative estimate of drug-likeness (QED) is 0.0496. The normalized spacial score (nSPS) is 27.0. The zero-order valence-corrected chi connectivity index (χ0v) is 33.7. The predicted octanol–water partition coefficient (Wildman–Crippen LogP) is 9.38. The van der Waals surface area contributed by atoms with Gasteiger partial charge in [0.2, 0.25) is 5.91 Å². The van der Waals surface area contributed by atoms with E-state index < -0.39 is 12.3 Å². The number of amides is 1. The van der Waals surface area contributed by atoms with Gasteiger partial charge >= 0.3 is 18.1 Å². The van der Waals surface area contributed by atoms with Crippen molar-refractivity contribution in [2.45, 2.75) is 154 Å². The molecule has 3 rings (SSSR count). The number of carbonyl (C=O) groups excluding carboxylic acids is 4. The SMILES string of the molecule is CCC(CCCCC(=O)NCCCCCCOC(=O)OC1CC(=O)OC(CC[C@H]2[C@@H](C)C=CC3=C[C@@H](C)CC(OC(=O)C(C)CC)[C@H]32)C1)SSC. The monoisotopic (exact) mass is 751 g/mol. The summed E-state index contributed by atoms with van der Waals surface area (Å²) in [6.45, 7) is 11.4. The Morgan fingerprint density at radius 1 is 1.00 bits per heavy atom. The number of nitrogens with one attached hydrogen (secondary N) is 1. The molecule has 1 aliphatic heterocycles. The summed E-state index contributed by atoms with van der Waals surface area (Å²) >= 11 is 0. The van der Waals surface area contributed by atoms with Crippen molar-refractivity contribution in [3.63, 3.8) is 0 Å². The average molecular weight is 752 g/mol. The lowest BCUT2D eigenvalue weighted by Crippen LogP contribution is -2.42. The third kappa shape index (κ3) is 15.4. The fourth-order valence-electron chi connectivity index (χ4n) is 7.48. The smallest absolute Gasteiger partial charge is 0.462 e. The first kappa shape index (κ1) is 43.3. The zero-order valence-electron chi connectivity index (χ0n) is 32.0. The summed E-state index contributed by atoms with van der Waals surface area (Å²) < 4.78 is 22.7. The molecule has 51 heavy (non-hydrogen) atoms. The van der Waals surface area contributed by atoms with Gasteiger partial charge in [-0.15, -0.1) is 0 Å². The molecule has 9 nitrogen and oxygen atoms in total. The molecule has 5 unspecified atom stereocenters. The highest BCUT2D eigenvalue weighted by Gasteiger charge is 2.42. The van der Waals surface area contributed by atoms with E-state index >= 15 is 0 Å². The van der Waals surface area contributed by atoms with Gasteiger partial charge in [0.15, 0.2) is 0 Å². The number of carbonyl (C=O) groups is 4. The molecule has 0 aromatic carbocycles. The minimum atomic E-state index is -0.749. The van der Waals surface area contributed by atoms with Crippen molar-refractivity contribution >= 4 is 45.6 Å². The first-order chi connectivity index (χ1) is 24.5. The summed E-state index contributed by atoms with van der Waals surface area (Å²) in [6.07, 6.45) is 18.8. The van der Waals surface area contributed by atoms with Gasteiger partial charge in [-0.1, -0.05) is 87.3 Å². The van der Waals surface area contributed by atoms with Crippen LogP contribution < -0.4 is 5.32 Å². The molecule has 1 N–H and O–H groups in total. The van der Waals surface area contributed by atoms with E-state index in [0.717, 1.165) is 57.8 Å². The standard InChI is InChI=1S/C40H65NO8S2/c1-7-28(4)39(44)49-35-24-27(3)23-30-18-17-29(5)34(38(30)35)20-19-31-25-32(26-37(43)47-31)48-40(45)46-22-14-10-9-13-21-41-36(42)16-12-11-15-33(8-2)51-50-6/h17-18,23,27-29,31-35,38H,7-16,19-22,24-26H2,1-6H3,(H,41,42)/t27-,28?,29+,31?,32?,33?,34+,35?,38-/m1/s1. The molecule has 1 fully saturated rings. The zero-order chi connectivity index (χ0) is 37.2. The van der Waals surface area contributed by atoms with Crippen molar-refractivity contribution in [2.24, 2.45) is 29.6 Å². The van der Waals surface area contributed by atoms with Crippen molar-refractivity contribution < 1.29 is 38.1 Å². The Morgan fingerprint density at radius 2 is 1.78 bits per heavy atom. The Kier molecular flexibility index (Phi) is 19.9. The Bertz CT molecular complexity index is 1160. The molecule has 0 aromatic heterocycles. The van der Waals surface area contributed by atoms with Crippen LogP contribution in [0.3, 0.4) is 0 Å². The van der Waals surface area contributed by atoms with E-state index in [1.165, 1.54) is 12.0 Å². The third-order valence-electron chi connectivity index (χ3n) is 10.7. The molecule has 11 heteroatoms. The minimum Gasteiger partial charge on any atom is -0.462 e. The third-order valence-corrected chi connectivity index (χ3v) is 13.1. The van der Waals surface area contributed by atoms with Crippen LogP contribution in [0.25, 0.3) is 0 Å². The highest BCUT2D eigenvalue weighted by Crippen LogP contribution is 2.45. The molecule has 0 aromatic rings. The van der Waals surface area contributed by atoms with Crippen LogP contribution >= 0.6 is 21.6 Å². The predicted molar refractivity (Wildman–Crippen MR) is 206 cm³/mol. The van der Waals surface area contributed by atoms with E-state index in [9.17, 15) is 19.2 Å². The van der Waals surface area contributed by atoms with E-state index in [1.54, 1.807) is 0 Å². The lowest BCUT2D eigenvalue weighted by atomic mass is 9.65. The summed E-state index contributed by atoms with van der Waals surface area (Å²) in [5.74, 6) is 0.456. The molecule has 1 heterocycles. The molecular weight excluding hydrogens is 687 g/mol. The highest BCUT2D eigenvalue weighted by atomic mass is 33.1. The second-order valence-electron chi connectivity index (χ2n) is 14.8. The van der Waals surface area contributed by atoms with Gasteiger partial charge in [0, 0.05) is 30.6 Å². The topological polar surface area (TPSA) is 117 Å². The molecule has 0 saturated carbocycles. The van der Waals surface area contributed by atoms with Crippen LogP contribution in [-0.4, -0.2) is 67.0 Å². The van der Waals surface area contributed by atoms with E-state index in [4.69, 9.17) is 18.9 Å². The van der Waals surface area contributed by atoms with E-state index in [0.29, 0.717) is 43.4 Å². The molecule has 290 valence electrons. The number of unbranched alkanes of at least 4 members (excludes halogenated alkanes) is 4. The van der Waals surface area contributed by atoms with E-state index in [2.05, 4.69) is 50.6 Å². The number of cyclic esters (lactones) is 1. The van der Waals surface area contributed by atoms with Crippen LogP contribution in [0.1, 0.15) is 131 Å². The molecule has 0 spiro atoms. The van der Waals surface area contributed by atoms with Crippen LogP contribution in [0.15, 0.2) is 23.8 Å². The first-order valence-corrected chi connectivity index (χ1v) is 22.3. The number of esters is 2. The van der Waals surface area contributed by atoms with Crippen LogP contribution in [0.2, 0.25) is 0 Å². The maximum atomic E-state index is 12.8. The Labute approximate surface area is 315 Å². The van der Waals surface area contributed by atoms with Crippen LogP contribution in [0, 0.1) is 29.6 Å². The highest BCUT2D eigenvalue weighted by molar-refractivity contribution is 8.76. The van der Waals surface area contributed by atoms with Gasteiger partial charge in [0.05, 0.1) is 18.9 Å². The van der Waals surface area contributed by atoms with Crippen molar-refractivity contribution in [1.82, 2.24) is 5.32 Å². The van der Waals surface area contributed by atoms with Gasteiger partial charge in [-0.05, 0) is 93.8 Å². The summed E-state index contributed by atoms with van der Waals surface area (Å²) in [7, 11) is 3.75. The Balaban J connectivity index is 1.33. The summed E-state index contributed by atoms with van der Waals surface area (Å²) in [4.78, 5) is 49.9. The summed E-state index contributed by atoms with van der Waals surface area (Å²) in [5.41, 5.74) is 1.23. The second-order valence-corrected chi connectivity index (χ2v) is 17.6. The van der Waals surface area contributed by atoms with E-state index in [-0.39, 0.29) is 66.8 Å². The Hall–Kier alpha value is -2.14. The van der Waals surface area contributed by atoms with Gasteiger partial charge in [-0.25, -0.2) is 4.79 Å². The number of fused-ring (bicyclic) bond motifs is 1. The van der Waals surface area contributed by atoms with Crippen LogP contribution in [0.4, 0.5) is 4.79 Å². The van der Waals surface area contributed by atoms with Crippen molar-refractivity contribution in [3.05, 3.63) is 23.8 Å². The molecule has 2 aliphatic carbocycles. The fourth-order valence-corrected chi connectivity index (χ4v) is 9.66. The summed E-state index contributed by atoms with van der Waals surface area (Å²) in [5, 5.41) is 3.69. The van der Waals surface area contributed by atoms with Crippen molar-refractivity contribution in [1.29, 1.82) is 0 Å². The number of hydrogen-bond donors (Lipinski definition) is 1. The molecule has 0 radical (unpaired) electrons. The van der Waals surface area contributed by atoms with Gasteiger partial charge in [-0.3, -0.25) is 14.4 Å². The number of rotatable bonds is 22. The lowest BCUT2D eigenvalue weighted by Gasteiger charge is -2.43. The average Bonchev–Trinajstić information content (AvgIpc) is 3.09. The minimum absolute atomic E-state index is 0.0251. The Morgan fingerprint density at radius 3 is 2.53 bits per heavy atom. The molecule has 1 amide bonds. The van der Waals surface area contributed by atoms with Crippen molar-refractivity contribution in [2.75, 3.05) is 19.4 Å². The number of ether oxygens (including phenoxy) is 4. The maximum absolute atomic E-state index is 12.8. The molecule has 0 bridgehead atoms. The second kappa shape index (κ2) is 23.5. The molecule has 1 saturated heterocycles. The molecule has 3 aliphatic rings. The van der Waals surface area contributed by atoms with Gasteiger partial charge in [0.1, 0.15) is 18.3 Å². The number of hydrogen-bond acceptors (Lipinski definition) is 10. The largest absolute Gasteiger partial charge is 0.508 e. The van der Waals surface area contributed by atoms with Crippen molar-refractivity contribution in [3.8, 4) is 0 Å². The van der Waals surface area contributed by atoms with E-state index in [1.807, 2.05) is 35.4 Å². The maximum Gasteiger partial charge on any atom is 0.508 e. The van der Waals surface area contributed by atoms with Gasteiger partial charge in [0.25, 0.3) is 0 Å². The van der Waals surface area contributed by atoms with Gasteiger partial charge in [-0.2, -0.15) is 0 Å². The molecule has 9 atom stereocenters. The fraction of sp³-hybridized carbons (Fsp3) is 0.800. The van der Waals surface area contributed by atoms with Crippen LogP contribution in [0.5, 0.6) is 0 Å². The van der Waals surface area contributed by atoms with Crippen LogP contribution in [-0.2, 0) is 33.3 Å². The number of allylic oxidation sites excluding steroid dienone is 3. The molecular formula is C40H65NO8S2. The van der Waals surface area contributed by atoms with Gasteiger partial charge < -0.3 is 24.3 Å². The lowest BCUT2D eigenvalue weighted by molar-refractivity contribution is -0.163. The first-order valence-electron chi connectivity index (χ1n) is 19.6.